The van der Waals surface area contributed by atoms with Crippen LogP contribution in [-0.2, 0) is 22.1 Å². The average molecular weight is 259 g/mol. The highest BCUT2D eigenvalue weighted by Gasteiger charge is 2.21. The van der Waals surface area contributed by atoms with E-state index in [0.29, 0.717) is 6.42 Å². The van der Waals surface area contributed by atoms with Crippen molar-refractivity contribution in [2.24, 2.45) is 5.73 Å². The number of sulfone groups is 1. The van der Waals surface area contributed by atoms with Crippen LogP contribution < -0.4 is 5.73 Å². The number of rotatable bonds is 5. The molecule has 0 aliphatic heterocycles. The van der Waals surface area contributed by atoms with Gasteiger partial charge in [-0.2, -0.15) is 0 Å². The third kappa shape index (κ3) is 3.51. The zero-order valence-corrected chi connectivity index (χ0v) is 10.9. The van der Waals surface area contributed by atoms with E-state index in [0.717, 1.165) is 5.56 Å². The van der Waals surface area contributed by atoms with Gasteiger partial charge in [0.1, 0.15) is 5.82 Å². The van der Waals surface area contributed by atoms with Crippen molar-refractivity contribution in [1.29, 1.82) is 0 Å². The molecule has 1 aromatic rings. The van der Waals surface area contributed by atoms with E-state index in [1.807, 2.05) is 0 Å². The Morgan fingerprint density at radius 3 is 2.59 bits per heavy atom. The number of halogens is 1. The Balaban J connectivity index is 3.02. The second-order valence-electron chi connectivity index (χ2n) is 4.16. The minimum Gasteiger partial charge on any atom is -0.326 e. The van der Waals surface area contributed by atoms with Gasteiger partial charge in [-0.3, -0.25) is 0 Å². The third-order valence-electron chi connectivity index (χ3n) is 2.89. The molecule has 1 atom stereocenters. The molecule has 2 N–H and O–H groups in total. The Morgan fingerprint density at radius 1 is 1.41 bits per heavy atom. The fourth-order valence-electron chi connectivity index (χ4n) is 1.48. The zero-order chi connectivity index (χ0) is 13.1. The molecule has 0 aromatic heterocycles. The highest BCUT2D eigenvalue weighted by atomic mass is 32.2. The van der Waals surface area contributed by atoms with Crippen LogP contribution in [0.1, 0.15) is 31.4 Å². The number of hydrogen-bond donors (Lipinski definition) is 1. The molecule has 1 rings (SSSR count). The number of nitrogens with two attached hydrogens (primary N) is 1. The smallest absolute Gasteiger partial charge is 0.157 e. The van der Waals surface area contributed by atoms with Crippen molar-refractivity contribution >= 4 is 9.84 Å². The van der Waals surface area contributed by atoms with Crippen LogP contribution in [-0.4, -0.2) is 13.7 Å². The number of benzene rings is 1. The van der Waals surface area contributed by atoms with Crippen LogP contribution in [0.15, 0.2) is 18.2 Å². The van der Waals surface area contributed by atoms with E-state index in [2.05, 4.69) is 0 Å². The molecule has 17 heavy (non-hydrogen) atoms. The standard InChI is InChI=1S/C12H18FNO2S/c1-3-9(2)17(15,16)8-11-6-10(7-14)4-5-12(11)13/h4-6,9H,3,7-8,14H2,1-2H3. The normalized spacial score (nSPS) is 13.6. The van der Waals surface area contributed by atoms with Crippen LogP contribution in [0.3, 0.4) is 0 Å². The quantitative estimate of drug-likeness (QED) is 0.879. The summed E-state index contributed by atoms with van der Waals surface area (Å²) in [5.74, 6) is -0.754. The molecule has 0 aliphatic carbocycles. The van der Waals surface area contributed by atoms with Crippen molar-refractivity contribution in [2.75, 3.05) is 0 Å². The van der Waals surface area contributed by atoms with E-state index in [9.17, 15) is 12.8 Å². The van der Waals surface area contributed by atoms with Crippen molar-refractivity contribution < 1.29 is 12.8 Å². The molecule has 0 fully saturated rings. The molecule has 0 amide bonds. The summed E-state index contributed by atoms with van der Waals surface area (Å²) in [6.45, 7) is 3.71. The maximum atomic E-state index is 13.5. The van der Waals surface area contributed by atoms with Crippen LogP contribution in [0.4, 0.5) is 4.39 Å². The van der Waals surface area contributed by atoms with Crippen LogP contribution in [0, 0.1) is 5.82 Å². The van der Waals surface area contributed by atoms with Crippen LogP contribution in [0.2, 0.25) is 0 Å². The second kappa shape index (κ2) is 5.60. The lowest BCUT2D eigenvalue weighted by Gasteiger charge is -2.11. The van der Waals surface area contributed by atoms with Gasteiger partial charge in [0, 0.05) is 12.1 Å². The van der Waals surface area contributed by atoms with Gasteiger partial charge in [-0.05, 0) is 25.0 Å². The first kappa shape index (κ1) is 14.1. The molecule has 0 bridgehead atoms. The molecule has 1 unspecified atom stereocenters. The molecule has 0 radical (unpaired) electrons. The van der Waals surface area contributed by atoms with Gasteiger partial charge in [0.05, 0.1) is 11.0 Å². The Labute approximate surface area is 102 Å². The largest absolute Gasteiger partial charge is 0.326 e. The summed E-state index contributed by atoms with van der Waals surface area (Å²) in [5.41, 5.74) is 6.39. The summed E-state index contributed by atoms with van der Waals surface area (Å²) < 4.78 is 37.3. The minimum atomic E-state index is -3.29. The summed E-state index contributed by atoms with van der Waals surface area (Å²) in [7, 11) is -3.29. The molecule has 1 aromatic carbocycles. The number of hydrogen-bond acceptors (Lipinski definition) is 3. The Morgan fingerprint density at radius 2 is 2.06 bits per heavy atom. The van der Waals surface area contributed by atoms with Gasteiger partial charge < -0.3 is 5.73 Å². The minimum absolute atomic E-state index is 0.202. The van der Waals surface area contributed by atoms with Gasteiger partial charge in [0.15, 0.2) is 9.84 Å². The van der Waals surface area contributed by atoms with Gasteiger partial charge >= 0.3 is 0 Å². The SMILES string of the molecule is CCC(C)S(=O)(=O)Cc1cc(CN)ccc1F. The van der Waals surface area contributed by atoms with Crippen molar-refractivity contribution in [3.05, 3.63) is 35.1 Å². The van der Waals surface area contributed by atoms with E-state index in [1.54, 1.807) is 19.9 Å². The Kier molecular flexibility index (Phi) is 4.65. The third-order valence-corrected chi connectivity index (χ3v) is 5.16. The predicted molar refractivity (Wildman–Crippen MR) is 66.7 cm³/mol. The highest BCUT2D eigenvalue weighted by molar-refractivity contribution is 7.91. The van der Waals surface area contributed by atoms with Crippen LogP contribution in [0.5, 0.6) is 0 Å². The Hall–Kier alpha value is -0.940. The lowest BCUT2D eigenvalue weighted by molar-refractivity contribution is 0.574. The van der Waals surface area contributed by atoms with Gasteiger partial charge in [0.2, 0.25) is 0 Å². The summed E-state index contributed by atoms with van der Waals surface area (Å²) >= 11 is 0. The van der Waals surface area contributed by atoms with Crippen molar-refractivity contribution in [3.63, 3.8) is 0 Å². The molecular formula is C12H18FNO2S. The summed E-state index contributed by atoms with van der Waals surface area (Å²) in [6.07, 6.45) is 0.528. The first-order chi connectivity index (χ1) is 7.90. The predicted octanol–water partition coefficient (Wildman–Crippen LogP) is 2.00. The van der Waals surface area contributed by atoms with Crippen LogP contribution >= 0.6 is 0 Å². The monoisotopic (exact) mass is 259 g/mol. The fourth-order valence-corrected chi connectivity index (χ4v) is 2.93. The maximum absolute atomic E-state index is 13.5. The van der Waals surface area contributed by atoms with E-state index >= 15 is 0 Å². The highest BCUT2D eigenvalue weighted by Crippen LogP contribution is 2.17. The van der Waals surface area contributed by atoms with Crippen molar-refractivity contribution in [1.82, 2.24) is 0 Å². The molecule has 5 heteroatoms. The molecule has 0 heterocycles. The van der Waals surface area contributed by atoms with Gasteiger partial charge in [-0.1, -0.05) is 19.1 Å². The fraction of sp³-hybridized carbons (Fsp3) is 0.500. The summed E-state index contributed by atoms with van der Waals surface area (Å²) in [5, 5.41) is -0.455. The topological polar surface area (TPSA) is 60.2 Å². The Bertz CT molecular complexity index is 485. The van der Waals surface area contributed by atoms with Crippen molar-refractivity contribution in [2.45, 2.75) is 37.8 Å². The van der Waals surface area contributed by atoms with Gasteiger partial charge in [0.25, 0.3) is 0 Å². The first-order valence-corrected chi connectivity index (χ1v) is 7.31. The summed E-state index contributed by atoms with van der Waals surface area (Å²) in [4.78, 5) is 0. The average Bonchev–Trinajstić information content (AvgIpc) is 2.30. The molecule has 96 valence electrons. The van der Waals surface area contributed by atoms with Crippen LogP contribution in [0.25, 0.3) is 0 Å². The van der Waals surface area contributed by atoms with Gasteiger partial charge in [-0.25, -0.2) is 12.8 Å². The molecule has 0 saturated carbocycles. The summed E-state index contributed by atoms with van der Waals surface area (Å²) in [6, 6.07) is 4.35. The molecule has 0 saturated heterocycles. The van der Waals surface area contributed by atoms with E-state index in [-0.39, 0.29) is 17.9 Å². The molecule has 3 nitrogen and oxygen atoms in total. The lowest BCUT2D eigenvalue weighted by Crippen LogP contribution is -2.19. The van der Waals surface area contributed by atoms with Gasteiger partial charge in [-0.15, -0.1) is 0 Å². The molecule has 0 spiro atoms. The zero-order valence-electron chi connectivity index (χ0n) is 10.1. The maximum Gasteiger partial charge on any atom is 0.157 e. The first-order valence-electron chi connectivity index (χ1n) is 5.59. The molecular weight excluding hydrogens is 241 g/mol. The lowest BCUT2D eigenvalue weighted by atomic mass is 10.1. The molecule has 0 aliphatic rings. The van der Waals surface area contributed by atoms with E-state index < -0.39 is 20.9 Å². The second-order valence-corrected chi connectivity index (χ2v) is 6.58. The van der Waals surface area contributed by atoms with E-state index in [1.165, 1.54) is 12.1 Å². The van der Waals surface area contributed by atoms with Crippen molar-refractivity contribution in [3.8, 4) is 0 Å². The van der Waals surface area contributed by atoms with E-state index in [4.69, 9.17) is 5.73 Å².